The second kappa shape index (κ2) is 14.8. The van der Waals surface area contributed by atoms with Gasteiger partial charge in [0, 0.05) is 32.6 Å². The van der Waals surface area contributed by atoms with E-state index in [1.807, 2.05) is 49.4 Å². The van der Waals surface area contributed by atoms with E-state index in [9.17, 15) is 18.0 Å². The minimum Gasteiger partial charge on any atom is -0.497 e. The molecule has 0 bridgehead atoms. The average molecular weight is 596 g/mol. The van der Waals surface area contributed by atoms with Crippen molar-refractivity contribution in [2.24, 2.45) is 0 Å². The van der Waals surface area contributed by atoms with E-state index in [2.05, 4.69) is 5.32 Å². The monoisotopic (exact) mass is 595 g/mol. The molecule has 1 aliphatic rings. The number of benzene rings is 3. The molecular formula is C31H37N3O7S. The number of ether oxygens (including phenoxy) is 3. The molecule has 1 atom stereocenters. The fourth-order valence-electron chi connectivity index (χ4n) is 4.65. The van der Waals surface area contributed by atoms with Gasteiger partial charge in [0.15, 0.2) is 6.61 Å². The Hall–Kier alpha value is -3.93. The van der Waals surface area contributed by atoms with Gasteiger partial charge in [-0.3, -0.25) is 9.59 Å². The van der Waals surface area contributed by atoms with Crippen LogP contribution in [0.1, 0.15) is 18.1 Å². The Morgan fingerprint density at radius 3 is 2.19 bits per heavy atom. The van der Waals surface area contributed by atoms with Crippen LogP contribution in [0, 0.1) is 0 Å². The second-order valence-electron chi connectivity index (χ2n) is 9.75. The van der Waals surface area contributed by atoms with Crippen LogP contribution in [0.2, 0.25) is 0 Å². The summed E-state index contributed by atoms with van der Waals surface area (Å²) in [7, 11) is -2.07. The Kier molecular flexibility index (Phi) is 10.9. The quantitative estimate of drug-likeness (QED) is 0.323. The minimum atomic E-state index is -3.65. The minimum absolute atomic E-state index is 0.142. The van der Waals surface area contributed by atoms with Crippen molar-refractivity contribution in [2.75, 3.05) is 46.6 Å². The van der Waals surface area contributed by atoms with Crippen LogP contribution in [0.3, 0.4) is 0 Å². The van der Waals surface area contributed by atoms with Crippen molar-refractivity contribution in [3.05, 3.63) is 90.0 Å². The molecule has 1 aliphatic heterocycles. The van der Waals surface area contributed by atoms with Gasteiger partial charge in [0.25, 0.3) is 5.91 Å². The molecule has 4 rings (SSSR count). The Labute approximate surface area is 247 Å². The van der Waals surface area contributed by atoms with Crippen LogP contribution in [0.15, 0.2) is 83.8 Å². The van der Waals surface area contributed by atoms with Crippen LogP contribution in [0.4, 0.5) is 0 Å². The summed E-state index contributed by atoms with van der Waals surface area (Å²) in [5, 5.41) is 2.86. The summed E-state index contributed by atoms with van der Waals surface area (Å²) in [4.78, 5) is 28.7. The largest absolute Gasteiger partial charge is 0.497 e. The molecule has 1 saturated heterocycles. The summed E-state index contributed by atoms with van der Waals surface area (Å²) in [6, 6.07) is 22.0. The van der Waals surface area contributed by atoms with Gasteiger partial charge >= 0.3 is 0 Å². The van der Waals surface area contributed by atoms with Crippen molar-refractivity contribution >= 4 is 21.8 Å². The normalized spacial score (nSPS) is 14.5. The van der Waals surface area contributed by atoms with Gasteiger partial charge in [-0.1, -0.05) is 42.5 Å². The SMILES string of the molecule is CCNC(=O)[C@@H](Cc1ccccc1)N(Cc1ccc(OC)cc1)C(=O)COc1ccc(S(=O)(=O)N2CCOCC2)cc1. The Balaban J connectivity index is 1.53. The predicted molar refractivity (Wildman–Crippen MR) is 158 cm³/mol. The molecule has 224 valence electrons. The van der Waals surface area contributed by atoms with Crippen molar-refractivity contribution in [2.45, 2.75) is 30.8 Å². The maximum atomic E-state index is 13.7. The molecule has 0 aliphatic carbocycles. The number of nitrogens with one attached hydrogen (secondary N) is 1. The van der Waals surface area contributed by atoms with E-state index in [1.165, 1.54) is 33.5 Å². The Bertz CT molecular complexity index is 1410. The van der Waals surface area contributed by atoms with Crippen LogP contribution in [0.5, 0.6) is 11.5 Å². The summed E-state index contributed by atoms with van der Waals surface area (Å²) in [6.45, 7) is 3.41. The summed E-state index contributed by atoms with van der Waals surface area (Å²) >= 11 is 0. The van der Waals surface area contributed by atoms with Gasteiger partial charge in [-0.2, -0.15) is 4.31 Å². The zero-order valence-corrected chi connectivity index (χ0v) is 24.7. The molecule has 3 aromatic rings. The molecule has 11 heteroatoms. The van der Waals surface area contributed by atoms with E-state index in [0.29, 0.717) is 50.8 Å². The lowest BCUT2D eigenvalue weighted by Gasteiger charge is -2.31. The van der Waals surface area contributed by atoms with Gasteiger partial charge in [-0.25, -0.2) is 8.42 Å². The summed E-state index contributed by atoms with van der Waals surface area (Å²) in [5.74, 6) is 0.374. The molecule has 1 N–H and O–H groups in total. The topological polar surface area (TPSA) is 114 Å². The fraction of sp³-hybridized carbons (Fsp3) is 0.355. The first-order valence-electron chi connectivity index (χ1n) is 13.9. The number of hydrogen-bond acceptors (Lipinski definition) is 7. The van der Waals surface area contributed by atoms with Crippen molar-refractivity contribution in [1.29, 1.82) is 0 Å². The number of amides is 2. The van der Waals surface area contributed by atoms with Crippen molar-refractivity contribution in [3.63, 3.8) is 0 Å². The number of sulfonamides is 1. The first-order valence-corrected chi connectivity index (χ1v) is 15.3. The molecule has 42 heavy (non-hydrogen) atoms. The number of carbonyl (C=O) groups excluding carboxylic acids is 2. The van der Waals surface area contributed by atoms with E-state index in [0.717, 1.165) is 11.1 Å². The fourth-order valence-corrected chi connectivity index (χ4v) is 6.05. The van der Waals surface area contributed by atoms with E-state index in [-0.39, 0.29) is 29.9 Å². The summed E-state index contributed by atoms with van der Waals surface area (Å²) < 4.78 is 43.6. The number of rotatable bonds is 13. The highest BCUT2D eigenvalue weighted by Crippen LogP contribution is 2.22. The predicted octanol–water partition coefficient (Wildman–Crippen LogP) is 2.87. The number of likely N-dealkylation sites (N-methyl/N-ethyl adjacent to an activating group) is 1. The van der Waals surface area contributed by atoms with Gasteiger partial charge in [0.2, 0.25) is 15.9 Å². The van der Waals surface area contributed by atoms with Crippen LogP contribution >= 0.6 is 0 Å². The third-order valence-corrected chi connectivity index (χ3v) is 8.84. The molecular weight excluding hydrogens is 558 g/mol. The maximum Gasteiger partial charge on any atom is 0.261 e. The highest BCUT2D eigenvalue weighted by atomic mass is 32.2. The van der Waals surface area contributed by atoms with Crippen LogP contribution in [-0.2, 0) is 37.3 Å². The third kappa shape index (κ3) is 8.09. The molecule has 1 fully saturated rings. The lowest BCUT2D eigenvalue weighted by atomic mass is 10.0. The zero-order chi connectivity index (χ0) is 30.0. The lowest BCUT2D eigenvalue weighted by molar-refractivity contribution is -0.142. The average Bonchev–Trinajstić information content (AvgIpc) is 3.03. The zero-order valence-electron chi connectivity index (χ0n) is 23.9. The van der Waals surface area contributed by atoms with E-state index in [4.69, 9.17) is 14.2 Å². The van der Waals surface area contributed by atoms with Crippen LogP contribution in [-0.4, -0.2) is 82.0 Å². The highest BCUT2D eigenvalue weighted by Gasteiger charge is 2.31. The maximum absolute atomic E-state index is 13.7. The number of nitrogens with zero attached hydrogens (tertiary/aromatic N) is 2. The molecule has 0 unspecified atom stereocenters. The number of carbonyl (C=O) groups is 2. The van der Waals surface area contributed by atoms with E-state index < -0.39 is 16.1 Å². The van der Waals surface area contributed by atoms with E-state index >= 15 is 0 Å². The molecule has 2 amide bonds. The van der Waals surface area contributed by atoms with Crippen molar-refractivity contribution in [3.8, 4) is 11.5 Å². The van der Waals surface area contributed by atoms with Crippen LogP contribution < -0.4 is 14.8 Å². The third-order valence-electron chi connectivity index (χ3n) is 6.93. The first-order chi connectivity index (χ1) is 20.3. The van der Waals surface area contributed by atoms with Crippen molar-refractivity contribution in [1.82, 2.24) is 14.5 Å². The molecule has 3 aromatic carbocycles. The molecule has 0 aromatic heterocycles. The van der Waals surface area contributed by atoms with Gasteiger partial charge in [0.05, 0.1) is 25.2 Å². The molecule has 0 spiro atoms. The first kappa shape index (κ1) is 31.0. The lowest BCUT2D eigenvalue weighted by Crippen LogP contribution is -2.51. The Morgan fingerprint density at radius 1 is 0.929 bits per heavy atom. The standard InChI is InChI=1S/C31H37N3O7S/c1-3-32-31(36)29(21-24-7-5-4-6-8-24)34(22-25-9-11-26(39-2)12-10-25)30(35)23-41-27-13-15-28(16-14-27)42(37,38)33-17-19-40-20-18-33/h4-16,29H,3,17-23H2,1-2H3,(H,32,36)/t29-/m1/s1. The summed E-state index contributed by atoms with van der Waals surface area (Å²) in [6.07, 6.45) is 0.322. The second-order valence-corrected chi connectivity index (χ2v) is 11.7. The van der Waals surface area contributed by atoms with Gasteiger partial charge in [-0.15, -0.1) is 0 Å². The van der Waals surface area contributed by atoms with Gasteiger partial charge < -0.3 is 24.4 Å². The smallest absolute Gasteiger partial charge is 0.261 e. The van der Waals surface area contributed by atoms with Gasteiger partial charge in [0.1, 0.15) is 17.5 Å². The number of methoxy groups -OCH3 is 1. The number of hydrogen-bond donors (Lipinski definition) is 1. The Morgan fingerprint density at radius 2 is 1.57 bits per heavy atom. The molecule has 0 saturated carbocycles. The van der Waals surface area contributed by atoms with Crippen molar-refractivity contribution < 1.29 is 32.2 Å². The number of morpholine rings is 1. The summed E-state index contributed by atoms with van der Waals surface area (Å²) in [5.41, 5.74) is 1.74. The molecule has 1 heterocycles. The molecule has 10 nitrogen and oxygen atoms in total. The van der Waals surface area contributed by atoms with Gasteiger partial charge in [-0.05, 0) is 54.4 Å². The highest BCUT2D eigenvalue weighted by molar-refractivity contribution is 7.89. The molecule has 0 radical (unpaired) electrons. The van der Waals surface area contributed by atoms with Crippen LogP contribution in [0.25, 0.3) is 0 Å². The van der Waals surface area contributed by atoms with E-state index in [1.54, 1.807) is 19.2 Å².